The zero-order chi connectivity index (χ0) is 21.1. The van der Waals surface area contributed by atoms with Crippen LogP contribution in [0.5, 0.6) is 0 Å². The van der Waals surface area contributed by atoms with E-state index in [-0.39, 0.29) is 5.57 Å². The Hall–Kier alpha value is -3.69. The van der Waals surface area contributed by atoms with Gasteiger partial charge in [-0.15, -0.1) is 11.8 Å². The van der Waals surface area contributed by atoms with Gasteiger partial charge >= 0.3 is 0 Å². The smallest absolute Gasteiger partial charge is 0.268 e. The van der Waals surface area contributed by atoms with Gasteiger partial charge in [0.05, 0.1) is 27.8 Å². The third kappa shape index (κ3) is 3.76. The summed E-state index contributed by atoms with van der Waals surface area (Å²) < 4.78 is 13.4. The van der Waals surface area contributed by atoms with Gasteiger partial charge in [0.15, 0.2) is 0 Å². The predicted octanol–water partition coefficient (Wildman–Crippen LogP) is 4.92. The van der Waals surface area contributed by atoms with E-state index in [2.05, 4.69) is 0 Å². The number of carbonyl (C=O) groups excluding carboxylic acids is 2. The number of hydrogen-bond acceptors (Lipinski definition) is 4. The summed E-state index contributed by atoms with van der Waals surface area (Å²) in [6.45, 7) is 0. The van der Waals surface area contributed by atoms with E-state index < -0.39 is 17.6 Å². The molecule has 0 bridgehead atoms. The Morgan fingerprint density at radius 3 is 2.17 bits per heavy atom. The van der Waals surface area contributed by atoms with Gasteiger partial charge in [0.25, 0.3) is 11.8 Å². The average Bonchev–Trinajstić information content (AvgIpc) is 3.03. The molecule has 30 heavy (non-hydrogen) atoms. The second-order valence-corrected chi connectivity index (χ2v) is 7.58. The van der Waals surface area contributed by atoms with Crippen molar-refractivity contribution in [3.05, 3.63) is 106 Å². The van der Waals surface area contributed by atoms with Crippen LogP contribution in [0.15, 0.2) is 83.8 Å². The minimum absolute atomic E-state index is 0.255. The Morgan fingerprint density at radius 1 is 0.867 bits per heavy atom. The maximum atomic E-state index is 13.4. The van der Waals surface area contributed by atoms with Crippen molar-refractivity contribution in [1.29, 1.82) is 5.26 Å². The van der Waals surface area contributed by atoms with Crippen molar-refractivity contribution in [1.82, 2.24) is 0 Å². The molecule has 4 nitrogen and oxygen atoms in total. The summed E-state index contributed by atoms with van der Waals surface area (Å²) in [5.41, 5.74) is 2.58. The summed E-state index contributed by atoms with van der Waals surface area (Å²) in [5.74, 6) is -0.795. The van der Waals surface area contributed by atoms with Crippen LogP contribution in [0.3, 0.4) is 0 Å². The van der Waals surface area contributed by atoms with Crippen molar-refractivity contribution >= 4 is 34.8 Å². The van der Waals surface area contributed by atoms with Crippen molar-refractivity contribution in [2.24, 2.45) is 0 Å². The topological polar surface area (TPSA) is 61.2 Å². The number of carbonyl (C=O) groups is 2. The first-order chi connectivity index (χ1) is 14.6. The number of halogens is 1. The maximum absolute atomic E-state index is 13.4. The van der Waals surface area contributed by atoms with Crippen LogP contribution >= 0.6 is 11.8 Å². The Morgan fingerprint density at radius 2 is 1.53 bits per heavy atom. The van der Waals surface area contributed by atoms with Crippen molar-refractivity contribution in [3.63, 3.8) is 0 Å². The van der Waals surface area contributed by atoms with Crippen LogP contribution in [0, 0.1) is 17.1 Å². The first-order valence-electron chi connectivity index (χ1n) is 9.14. The fraction of sp³-hybridized carbons (Fsp3) is 0.0417. The Balaban J connectivity index is 1.73. The molecule has 0 fully saturated rings. The van der Waals surface area contributed by atoms with Gasteiger partial charge in [-0.2, -0.15) is 5.26 Å². The van der Waals surface area contributed by atoms with Crippen LogP contribution in [0.2, 0.25) is 0 Å². The summed E-state index contributed by atoms with van der Waals surface area (Å²) in [6.07, 6.45) is 0. The van der Waals surface area contributed by atoms with E-state index in [1.807, 2.05) is 36.4 Å². The standard InChI is InChI=1S/C24H15FN2O2S/c25-19-10-8-18(9-11-19)21-22(30-15-17-4-2-1-3-5-17)24(29)27(23(21)28)20-12-6-16(14-26)7-13-20/h1-13H,15H2. The van der Waals surface area contributed by atoms with E-state index in [0.717, 1.165) is 10.5 Å². The lowest BCUT2D eigenvalue weighted by Gasteiger charge is -2.15. The fourth-order valence-electron chi connectivity index (χ4n) is 3.16. The van der Waals surface area contributed by atoms with E-state index in [1.54, 1.807) is 24.3 Å². The number of rotatable bonds is 5. The molecule has 6 heteroatoms. The van der Waals surface area contributed by atoms with Gasteiger partial charge in [0.1, 0.15) is 5.82 Å². The SMILES string of the molecule is N#Cc1ccc(N2C(=O)C(SCc3ccccc3)=C(c3ccc(F)cc3)C2=O)cc1. The third-order valence-corrected chi connectivity index (χ3v) is 5.80. The lowest BCUT2D eigenvalue weighted by Crippen LogP contribution is -2.31. The Bertz CT molecular complexity index is 1180. The minimum Gasteiger partial charge on any atom is -0.268 e. The second kappa shape index (κ2) is 8.36. The number of nitrogens with zero attached hydrogens (tertiary/aromatic N) is 2. The van der Waals surface area contributed by atoms with Crippen molar-refractivity contribution in [2.75, 3.05) is 4.90 Å². The highest BCUT2D eigenvalue weighted by Crippen LogP contribution is 2.39. The zero-order valence-corrected chi connectivity index (χ0v) is 16.5. The van der Waals surface area contributed by atoms with Crippen LogP contribution in [0.4, 0.5) is 10.1 Å². The predicted molar refractivity (Wildman–Crippen MR) is 115 cm³/mol. The Kier molecular flexibility index (Phi) is 5.46. The molecule has 3 aromatic carbocycles. The van der Waals surface area contributed by atoms with Crippen LogP contribution in [0.25, 0.3) is 5.57 Å². The van der Waals surface area contributed by atoms with Crippen LogP contribution in [-0.4, -0.2) is 11.8 Å². The molecule has 146 valence electrons. The molecule has 0 unspecified atom stereocenters. The number of nitriles is 1. The van der Waals surface area contributed by atoms with E-state index in [4.69, 9.17) is 5.26 Å². The number of amides is 2. The maximum Gasteiger partial charge on any atom is 0.272 e. The highest BCUT2D eigenvalue weighted by molar-refractivity contribution is 8.03. The summed E-state index contributed by atoms with van der Waals surface area (Å²) in [4.78, 5) is 27.9. The number of benzene rings is 3. The van der Waals surface area contributed by atoms with Crippen molar-refractivity contribution in [2.45, 2.75) is 5.75 Å². The fourth-order valence-corrected chi connectivity index (χ4v) is 4.23. The van der Waals surface area contributed by atoms with E-state index >= 15 is 0 Å². The van der Waals surface area contributed by atoms with Crippen LogP contribution in [-0.2, 0) is 15.3 Å². The highest BCUT2D eigenvalue weighted by Gasteiger charge is 2.40. The summed E-state index contributed by atoms with van der Waals surface area (Å²) >= 11 is 1.28. The lowest BCUT2D eigenvalue weighted by atomic mass is 10.1. The van der Waals surface area contributed by atoms with Crippen molar-refractivity contribution in [3.8, 4) is 6.07 Å². The molecule has 2 amide bonds. The molecule has 0 saturated carbocycles. The van der Waals surface area contributed by atoms with Gasteiger partial charge in [-0.3, -0.25) is 9.59 Å². The lowest BCUT2D eigenvalue weighted by molar-refractivity contribution is -0.119. The van der Waals surface area contributed by atoms with Gasteiger partial charge in [-0.05, 0) is 47.5 Å². The third-order valence-electron chi connectivity index (χ3n) is 4.65. The van der Waals surface area contributed by atoms with Gasteiger partial charge < -0.3 is 0 Å². The van der Waals surface area contributed by atoms with Crippen molar-refractivity contribution < 1.29 is 14.0 Å². The number of imide groups is 1. The van der Waals surface area contributed by atoms with Gasteiger partial charge in [-0.25, -0.2) is 9.29 Å². The first kappa shape index (κ1) is 19.6. The molecule has 0 aliphatic carbocycles. The molecule has 0 aromatic heterocycles. The van der Waals surface area contributed by atoms with E-state index in [9.17, 15) is 14.0 Å². The molecular formula is C24H15FN2O2S. The normalized spacial score (nSPS) is 13.7. The van der Waals surface area contributed by atoms with E-state index in [0.29, 0.717) is 27.5 Å². The second-order valence-electron chi connectivity index (χ2n) is 6.59. The zero-order valence-electron chi connectivity index (χ0n) is 15.7. The van der Waals surface area contributed by atoms with E-state index in [1.165, 1.54) is 36.0 Å². The molecule has 1 aliphatic heterocycles. The van der Waals surface area contributed by atoms with Gasteiger partial charge in [-0.1, -0.05) is 42.5 Å². The number of thioether (sulfide) groups is 1. The first-order valence-corrected chi connectivity index (χ1v) is 10.1. The Labute approximate surface area is 177 Å². The van der Waals surface area contributed by atoms with Gasteiger partial charge in [0.2, 0.25) is 0 Å². The molecule has 1 aliphatic rings. The minimum atomic E-state index is -0.466. The largest absolute Gasteiger partial charge is 0.272 e. The number of hydrogen-bond donors (Lipinski definition) is 0. The monoisotopic (exact) mass is 414 g/mol. The summed E-state index contributed by atoms with van der Waals surface area (Å²) in [5, 5.41) is 8.99. The quantitative estimate of drug-likeness (QED) is 0.556. The molecule has 4 rings (SSSR count). The summed E-state index contributed by atoms with van der Waals surface area (Å²) in [6, 6.07) is 23.4. The van der Waals surface area contributed by atoms with Gasteiger partial charge in [0, 0.05) is 5.75 Å². The summed E-state index contributed by atoms with van der Waals surface area (Å²) in [7, 11) is 0. The molecule has 0 N–H and O–H groups in total. The number of anilines is 1. The van der Waals surface area contributed by atoms with Crippen LogP contribution in [0.1, 0.15) is 16.7 Å². The molecule has 1 heterocycles. The highest BCUT2D eigenvalue weighted by atomic mass is 32.2. The molecular weight excluding hydrogens is 399 g/mol. The average molecular weight is 414 g/mol. The van der Waals surface area contributed by atoms with Crippen LogP contribution < -0.4 is 4.90 Å². The molecule has 0 spiro atoms. The molecule has 0 saturated heterocycles. The molecule has 0 radical (unpaired) electrons. The molecule has 3 aromatic rings. The molecule has 0 atom stereocenters.